The minimum absolute atomic E-state index is 0.115. The van der Waals surface area contributed by atoms with Crippen LogP contribution in [-0.4, -0.2) is 61.3 Å². The highest BCUT2D eigenvalue weighted by atomic mass is 16.5. The SMILES string of the molecule is COCCn1c(C(=O)NCCN(C)C)nc2ccccc2c1=O. The van der Waals surface area contributed by atoms with E-state index >= 15 is 0 Å². The van der Waals surface area contributed by atoms with E-state index in [0.717, 1.165) is 0 Å². The van der Waals surface area contributed by atoms with Crippen LogP contribution in [0.2, 0.25) is 0 Å². The number of para-hydroxylation sites is 1. The van der Waals surface area contributed by atoms with Crippen molar-refractivity contribution >= 4 is 16.8 Å². The Hall–Kier alpha value is -2.25. The Morgan fingerprint density at radius 3 is 2.78 bits per heavy atom. The van der Waals surface area contributed by atoms with Gasteiger partial charge in [-0.25, -0.2) is 4.98 Å². The number of nitrogens with zero attached hydrogens (tertiary/aromatic N) is 3. The average Bonchev–Trinajstić information content (AvgIpc) is 2.53. The number of carbonyl (C=O) groups is 1. The molecule has 124 valence electrons. The van der Waals surface area contributed by atoms with Gasteiger partial charge in [-0.3, -0.25) is 14.2 Å². The second-order valence-electron chi connectivity index (χ2n) is 5.46. The molecule has 0 aliphatic carbocycles. The van der Waals surface area contributed by atoms with E-state index in [9.17, 15) is 9.59 Å². The largest absolute Gasteiger partial charge is 0.383 e. The van der Waals surface area contributed by atoms with Gasteiger partial charge in [-0.2, -0.15) is 0 Å². The van der Waals surface area contributed by atoms with Crippen molar-refractivity contribution in [3.8, 4) is 0 Å². The van der Waals surface area contributed by atoms with Crippen molar-refractivity contribution in [2.75, 3.05) is 40.9 Å². The van der Waals surface area contributed by atoms with E-state index in [1.807, 2.05) is 19.0 Å². The molecule has 0 aliphatic heterocycles. The summed E-state index contributed by atoms with van der Waals surface area (Å²) in [6.07, 6.45) is 0. The Balaban J connectivity index is 2.39. The molecule has 7 nitrogen and oxygen atoms in total. The fraction of sp³-hybridized carbons (Fsp3) is 0.438. The van der Waals surface area contributed by atoms with Crippen molar-refractivity contribution in [3.05, 3.63) is 40.4 Å². The number of rotatable bonds is 7. The number of methoxy groups -OCH3 is 1. The maximum atomic E-state index is 12.6. The Bertz CT molecular complexity index is 740. The molecule has 2 rings (SSSR count). The Labute approximate surface area is 134 Å². The van der Waals surface area contributed by atoms with Crippen molar-refractivity contribution in [1.82, 2.24) is 19.8 Å². The first-order chi connectivity index (χ1) is 11.0. The second-order valence-corrected chi connectivity index (χ2v) is 5.46. The van der Waals surface area contributed by atoms with Gasteiger partial charge in [0.05, 0.1) is 24.1 Å². The Kier molecular flexibility index (Phi) is 5.84. The highest BCUT2D eigenvalue weighted by molar-refractivity contribution is 5.93. The van der Waals surface area contributed by atoms with E-state index < -0.39 is 0 Å². The van der Waals surface area contributed by atoms with Crippen molar-refractivity contribution in [2.24, 2.45) is 0 Å². The third-order valence-electron chi connectivity index (χ3n) is 3.43. The molecule has 2 aromatic rings. The van der Waals surface area contributed by atoms with Gasteiger partial charge in [0.2, 0.25) is 5.82 Å². The van der Waals surface area contributed by atoms with Crippen molar-refractivity contribution < 1.29 is 9.53 Å². The van der Waals surface area contributed by atoms with Crippen molar-refractivity contribution in [3.63, 3.8) is 0 Å². The Morgan fingerprint density at radius 1 is 1.35 bits per heavy atom. The summed E-state index contributed by atoms with van der Waals surface area (Å²) < 4.78 is 6.41. The van der Waals surface area contributed by atoms with Gasteiger partial charge in [-0.05, 0) is 26.2 Å². The van der Waals surface area contributed by atoms with E-state index in [0.29, 0.717) is 30.6 Å². The molecule has 1 aromatic heterocycles. The topological polar surface area (TPSA) is 76.5 Å². The molecule has 1 aromatic carbocycles. The van der Waals surface area contributed by atoms with Crippen LogP contribution in [0.15, 0.2) is 29.1 Å². The summed E-state index contributed by atoms with van der Waals surface area (Å²) in [5.41, 5.74) is 0.286. The predicted molar refractivity (Wildman–Crippen MR) is 88.8 cm³/mol. The molecule has 0 saturated carbocycles. The van der Waals surface area contributed by atoms with Crippen LogP contribution >= 0.6 is 0 Å². The molecule has 23 heavy (non-hydrogen) atoms. The zero-order valence-corrected chi connectivity index (χ0v) is 13.7. The van der Waals surface area contributed by atoms with Crippen LogP contribution in [0.4, 0.5) is 0 Å². The second kappa shape index (κ2) is 7.85. The molecule has 1 amide bonds. The maximum absolute atomic E-state index is 12.6. The van der Waals surface area contributed by atoms with Crippen LogP contribution in [0.1, 0.15) is 10.6 Å². The van der Waals surface area contributed by atoms with Crippen LogP contribution in [-0.2, 0) is 11.3 Å². The van der Waals surface area contributed by atoms with Gasteiger partial charge in [0.1, 0.15) is 0 Å². The van der Waals surface area contributed by atoms with Crippen LogP contribution in [0.25, 0.3) is 10.9 Å². The lowest BCUT2D eigenvalue weighted by molar-refractivity contribution is 0.0931. The lowest BCUT2D eigenvalue weighted by atomic mass is 10.2. The minimum Gasteiger partial charge on any atom is -0.383 e. The first-order valence-corrected chi connectivity index (χ1v) is 7.46. The zero-order valence-electron chi connectivity index (χ0n) is 13.7. The molecule has 0 aliphatic rings. The fourth-order valence-electron chi connectivity index (χ4n) is 2.20. The average molecular weight is 318 g/mol. The van der Waals surface area contributed by atoms with Gasteiger partial charge < -0.3 is 15.0 Å². The highest BCUT2D eigenvalue weighted by Gasteiger charge is 2.17. The summed E-state index contributed by atoms with van der Waals surface area (Å²) in [6.45, 7) is 1.81. The summed E-state index contributed by atoms with van der Waals surface area (Å²) in [6, 6.07) is 7.01. The van der Waals surface area contributed by atoms with Crippen LogP contribution in [0.5, 0.6) is 0 Å². The van der Waals surface area contributed by atoms with Gasteiger partial charge in [0, 0.05) is 20.2 Å². The third-order valence-corrected chi connectivity index (χ3v) is 3.43. The van der Waals surface area contributed by atoms with E-state index in [1.165, 1.54) is 4.57 Å². The number of nitrogens with one attached hydrogen (secondary N) is 1. The fourth-order valence-corrected chi connectivity index (χ4v) is 2.20. The van der Waals surface area contributed by atoms with E-state index in [-0.39, 0.29) is 23.8 Å². The van der Waals surface area contributed by atoms with Crippen LogP contribution < -0.4 is 10.9 Å². The van der Waals surface area contributed by atoms with Crippen LogP contribution in [0, 0.1) is 0 Å². The monoisotopic (exact) mass is 318 g/mol. The molecule has 0 bridgehead atoms. The summed E-state index contributed by atoms with van der Waals surface area (Å²) >= 11 is 0. The molecule has 0 spiro atoms. The summed E-state index contributed by atoms with van der Waals surface area (Å²) in [4.78, 5) is 31.4. The molecule has 0 unspecified atom stereocenters. The number of hydrogen-bond acceptors (Lipinski definition) is 5. The number of aromatic nitrogens is 2. The van der Waals surface area contributed by atoms with Gasteiger partial charge in [-0.1, -0.05) is 12.1 Å². The molecule has 0 fully saturated rings. The number of likely N-dealkylation sites (N-methyl/N-ethyl adjacent to an activating group) is 1. The maximum Gasteiger partial charge on any atom is 0.287 e. The Morgan fingerprint density at radius 2 is 2.09 bits per heavy atom. The van der Waals surface area contributed by atoms with Crippen LogP contribution in [0.3, 0.4) is 0 Å². The van der Waals surface area contributed by atoms with E-state index in [4.69, 9.17) is 4.74 Å². The summed E-state index contributed by atoms with van der Waals surface area (Å²) in [5, 5.41) is 3.29. The van der Waals surface area contributed by atoms with Crippen molar-refractivity contribution in [1.29, 1.82) is 0 Å². The molecule has 0 radical (unpaired) electrons. The number of fused-ring (bicyclic) bond motifs is 1. The molecule has 0 atom stereocenters. The van der Waals surface area contributed by atoms with Gasteiger partial charge in [-0.15, -0.1) is 0 Å². The molecule has 0 saturated heterocycles. The standard InChI is InChI=1S/C16H22N4O3/c1-19(2)9-8-17-15(21)14-18-13-7-5-4-6-12(13)16(22)20(14)10-11-23-3/h4-7H,8-11H2,1-3H3,(H,17,21). The minimum atomic E-state index is -0.356. The number of benzene rings is 1. The smallest absolute Gasteiger partial charge is 0.287 e. The van der Waals surface area contributed by atoms with Gasteiger partial charge >= 0.3 is 0 Å². The van der Waals surface area contributed by atoms with Gasteiger partial charge in [0.15, 0.2) is 0 Å². The predicted octanol–water partition coefficient (Wildman–Crippen LogP) is 0.334. The normalized spacial score (nSPS) is 11.1. The molecular formula is C16H22N4O3. The quantitative estimate of drug-likeness (QED) is 0.796. The lowest BCUT2D eigenvalue weighted by Gasteiger charge is -2.14. The number of hydrogen-bond donors (Lipinski definition) is 1. The summed E-state index contributed by atoms with van der Waals surface area (Å²) in [7, 11) is 5.40. The molecule has 1 N–H and O–H groups in total. The van der Waals surface area contributed by atoms with Gasteiger partial charge in [0.25, 0.3) is 11.5 Å². The molecule has 7 heteroatoms. The third kappa shape index (κ3) is 4.14. The number of carbonyl (C=O) groups excluding carboxylic acids is 1. The van der Waals surface area contributed by atoms with Crippen molar-refractivity contribution in [2.45, 2.75) is 6.54 Å². The first kappa shape index (κ1) is 17.1. The molecule has 1 heterocycles. The van der Waals surface area contributed by atoms with E-state index in [2.05, 4.69) is 10.3 Å². The number of amides is 1. The highest BCUT2D eigenvalue weighted by Crippen LogP contribution is 2.08. The first-order valence-electron chi connectivity index (χ1n) is 7.46. The number of ether oxygens (including phenoxy) is 1. The summed E-state index contributed by atoms with van der Waals surface area (Å²) in [5.74, 6) is -0.240. The van der Waals surface area contributed by atoms with E-state index in [1.54, 1.807) is 31.4 Å². The molecular weight excluding hydrogens is 296 g/mol. The lowest BCUT2D eigenvalue weighted by Crippen LogP contribution is -2.37. The zero-order chi connectivity index (χ0) is 16.8.